The lowest BCUT2D eigenvalue weighted by molar-refractivity contribution is 0.0675. The SMILES string of the molecule is CCC(N)(CC)COCc1cccc(OC)n1. The van der Waals surface area contributed by atoms with Gasteiger partial charge in [-0.25, -0.2) is 4.98 Å². The molecule has 1 heterocycles. The Kier molecular flexibility index (Phi) is 5.38. The second-order valence-electron chi connectivity index (χ2n) is 4.23. The lowest BCUT2D eigenvalue weighted by Crippen LogP contribution is -2.43. The zero-order chi connectivity index (χ0) is 12.7. The highest BCUT2D eigenvalue weighted by atomic mass is 16.5. The average molecular weight is 238 g/mol. The number of nitrogens with two attached hydrogens (primary N) is 1. The quantitative estimate of drug-likeness (QED) is 0.790. The molecule has 1 aromatic heterocycles. The van der Waals surface area contributed by atoms with E-state index < -0.39 is 0 Å². The molecule has 0 saturated carbocycles. The fourth-order valence-corrected chi connectivity index (χ4v) is 1.46. The zero-order valence-corrected chi connectivity index (χ0v) is 10.9. The topological polar surface area (TPSA) is 57.4 Å². The summed E-state index contributed by atoms with van der Waals surface area (Å²) in [7, 11) is 1.60. The van der Waals surface area contributed by atoms with Crippen LogP contribution in [0.3, 0.4) is 0 Å². The van der Waals surface area contributed by atoms with Crippen LogP contribution in [0.4, 0.5) is 0 Å². The highest BCUT2D eigenvalue weighted by Crippen LogP contribution is 2.13. The van der Waals surface area contributed by atoms with Crippen molar-refractivity contribution in [3.05, 3.63) is 23.9 Å². The number of nitrogens with zero attached hydrogens (tertiary/aromatic N) is 1. The van der Waals surface area contributed by atoms with E-state index >= 15 is 0 Å². The molecule has 0 aliphatic carbocycles. The summed E-state index contributed by atoms with van der Waals surface area (Å²) in [5, 5.41) is 0. The van der Waals surface area contributed by atoms with Gasteiger partial charge in [-0.2, -0.15) is 0 Å². The monoisotopic (exact) mass is 238 g/mol. The van der Waals surface area contributed by atoms with Crippen molar-refractivity contribution in [2.75, 3.05) is 13.7 Å². The highest BCUT2D eigenvalue weighted by molar-refractivity contribution is 5.15. The van der Waals surface area contributed by atoms with Gasteiger partial charge in [-0.15, -0.1) is 0 Å². The van der Waals surface area contributed by atoms with Crippen LogP contribution in [-0.2, 0) is 11.3 Å². The van der Waals surface area contributed by atoms with Gasteiger partial charge in [-0.3, -0.25) is 0 Å². The molecular weight excluding hydrogens is 216 g/mol. The van der Waals surface area contributed by atoms with Gasteiger partial charge < -0.3 is 15.2 Å². The number of rotatable bonds is 7. The largest absolute Gasteiger partial charge is 0.481 e. The Labute approximate surface area is 103 Å². The first-order valence-corrected chi connectivity index (χ1v) is 6.00. The van der Waals surface area contributed by atoms with Gasteiger partial charge in [0.1, 0.15) is 0 Å². The standard InChI is InChI=1S/C13H22N2O2/c1-4-13(14,5-2)10-17-9-11-7-6-8-12(15-11)16-3/h6-8H,4-5,9-10,14H2,1-3H3. The number of hydrogen-bond donors (Lipinski definition) is 1. The predicted molar refractivity (Wildman–Crippen MR) is 67.9 cm³/mol. The summed E-state index contributed by atoms with van der Waals surface area (Å²) >= 11 is 0. The molecule has 0 aliphatic heterocycles. The molecule has 4 nitrogen and oxygen atoms in total. The number of ether oxygens (including phenoxy) is 2. The summed E-state index contributed by atoms with van der Waals surface area (Å²) in [5.74, 6) is 0.607. The fraction of sp³-hybridized carbons (Fsp3) is 0.615. The van der Waals surface area contributed by atoms with Gasteiger partial charge in [0, 0.05) is 11.6 Å². The predicted octanol–water partition coefficient (Wildman–Crippen LogP) is 2.12. The summed E-state index contributed by atoms with van der Waals surface area (Å²) in [4.78, 5) is 4.27. The summed E-state index contributed by atoms with van der Waals surface area (Å²) < 4.78 is 10.7. The van der Waals surface area contributed by atoms with Crippen molar-refractivity contribution < 1.29 is 9.47 Å². The zero-order valence-electron chi connectivity index (χ0n) is 10.9. The molecule has 0 radical (unpaired) electrons. The summed E-state index contributed by atoms with van der Waals surface area (Å²) in [6.07, 6.45) is 1.82. The van der Waals surface area contributed by atoms with Crippen LogP contribution in [0.25, 0.3) is 0 Å². The molecule has 4 heteroatoms. The molecule has 96 valence electrons. The van der Waals surface area contributed by atoms with Crippen molar-refractivity contribution in [2.24, 2.45) is 5.73 Å². The second kappa shape index (κ2) is 6.57. The lowest BCUT2D eigenvalue weighted by atomic mass is 9.96. The maximum atomic E-state index is 6.15. The van der Waals surface area contributed by atoms with Crippen LogP contribution in [0.15, 0.2) is 18.2 Å². The van der Waals surface area contributed by atoms with Gasteiger partial charge in [0.25, 0.3) is 0 Å². The first kappa shape index (κ1) is 13.9. The van der Waals surface area contributed by atoms with Crippen molar-refractivity contribution in [3.63, 3.8) is 0 Å². The van der Waals surface area contributed by atoms with E-state index in [0.717, 1.165) is 18.5 Å². The van der Waals surface area contributed by atoms with E-state index in [1.54, 1.807) is 7.11 Å². The minimum Gasteiger partial charge on any atom is -0.481 e. The Morgan fingerprint density at radius 1 is 1.29 bits per heavy atom. The Morgan fingerprint density at radius 2 is 2.00 bits per heavy atom. The van der Waals surface area contributed by atoms with Crippen LogP contribution in [0.5, 0.6) is 5.88 Å². The van der Waals surface area contributed by atoms with Gasteiger partial charge in [0.05, 0.1) is 26.0 Å². The van der Waals surface area contributed by atoms with Crippen molar-refractivity contribution in [1.29, 1.82) is 0 Å². The van der Waals surface area contributed by atoms with Crippen LogP contribution in [0.2, 0.25) is 0 Å². The van der Waals surface area contributed by atoms with Gasteiger partial charge in [-0.05, 0) is 18.9 Å². The van der Waals surface area contributed by atoms with Gasteiger partial charge in [0.2, 0.25) is 5.88 Å². The number of pyridine rings is 1. The summed E-state index contributed by atoms with van der Waals surface area (Å²) in [6, 6.07) is 5.63. The number of methoxy groups -OCH3 is 1. The van der Waals surface area contributed by atoms with E-state index in [-0.39, 0.29) is 5.54 Å². The van der Waals surface area contributed by atoms with E-state index in [2.05, 4.69) is 18.8 Å². The molecule has 0 aliphatic rings. The first-order valence-electron chi connectivity index (χ1n) is 6.00. The Bertz CT molecular complexity index is 338. The van der Waals surface area contributed by atoms with Crippen LogP contribution >= 0.6 is 0 Å². The van der Waals surface area contributed by atoms with E-state index in [1.807, 2.05) is 18.2 Å². The van der Waals surface area contributed by atoms with E-state index in [0.29, 0.717) is 19.1 Å². The van der Waals surface area contributed by atoms with Crippen LogP contribution < -0.4 is 10.5 Å². The highest BCUT2D eigenvalue weighted by Gasteiger charge is 2.20. The molecule has 0 spiro atoms. The molecule has 2 N–H and O–H groups in total. The minimum absolute atomic E-state index is 0.223. The molecule has 1 rings (SSSR count). The maximum absolute atomic E-state index is 6.15. The Hall–Kier alpha value is -1.13. The minimum atomic E-state index is -0.223. The normalized spacial score (nSPS) is 11.5. The lowest BCUT2D eigenvalue weighted by Gasteiger charge is -2.26. The average Bonchev–Trinajstić information content (AvgIpc) is 2.39. The van der Waals surface area contributed by atoms with Crippen molar-refractivity contribution >= 4 is 0 Å². The molecule has 0 atom stereocenters. The summed E-state index contributed by atoms with van der Waals surface area (Å²) in [5.41, 5.74) is 6.78. The smallest absolute Gasteiger partial charge is 0.213 e. The third kappa shape index (κ3) is 4.32. The number of hydrogen-bond acceptors (Lipinski definition) is 4. The Morgan fingerprint density at radius 3 is 2.59 bits per heavy atom. The molecule has 17 heavy (non-hydrogen) atoms. The van der Waals surface area contributed by atoms with Gasteiger partial charge in [0.15, 0.2) is 0 Å². The fourth-order valence-electron chi connectivity index (χ4n) is 1.46. The van der Waals surface area contributed by atoms with E-state index in [4.69, 9.17) is 15.2 Å². The van der Waals surface area contributed by atoms with Crippen LogP contribution in [0.1, 0.15) is 32.4 Å². The van der Waals surface area contributed by atoms with Crippen LogP contribution in [-0.4, -0.2) is 24.2 Å². The molecule has 0 aromatic carbocycles. The van der Waals surface area contributed by atoms with E-state index in [1.165, 1.54) is 0 Å². The molecule has 0 fully saturated rings. The number of aromatic nitrogens is 1. The van der Waals surface area contributed by atoms with Crippen molar-refractivity contribution in [3.8, 4) is 5.88 Å². The summed E-state index contributed by atoms with van der Waals surface area (Å²) in [6.45, 7) is 5.18. The molecule has 0 bridgehead atoms. The third-order valence-corrected chi connectivity index (χ3v) is 3.04. The third-order valence-electron chi connectivity index (χ3n) is 3.04. The van der Waals surface area contributed by atoms with Crippen LogP contribution in [0, 0.1) is 0 Å². The van der Waals surface area contributed by atoms with Gasteiger partial charge >= 0.3 is 0 Å². The molecular formula is C13H22N2O2. The maximum Gasteiger partial charge on any atom is 0.213 e. The molecule has 0 amide bonds. The molecule has 0 unspecified atom stereocenters. The van der Waals surface area contributed by atoms with Gasteiger partial charge in [-0.1, -0.05) is 19.9 Å². The molecule has 1 aromatic rings. The van der Waals surface area contributed by atoms with E-state index in [9.17, 15) is 0 Å². The van der Waals surface area contributed by atoms with Crippen molar-refractivity contribution in [1.82, 2.24) is 4.98 Å². The van der Waals surface area contributed by atoms with Crippen molar-refractivity contribution in [2.45, 2.75) is 38.8 Å². The second-order valence-corrected chi connectivity index (χ2v) is 4.23. The Balaban J connectivity index is 2.45. The first-order chi connectivity index (χ1) is 8.13. The molecule has 0 saturated heterocycles.